The molecule has 29 heavy (non-hydrogen) atoms. The summed E-state index contributed by atoms with van der Waals surface area (Å²) in [5.74, 6) is 0.0285. The molecule has 2 heterocycles. The van der Waals surface area contributed by atoms with Gasteiger partial charge in [-0.05, 0) is 43.9 Å². The van der Waals surface area contributed by atoms with Gasteiger partial charge >= 0.3 is 11.7 Å². The van der Waals surface area contributed by atoms with Gasteiger partial charge in [0.1, 0.15) is 6.33 Å². The van der Waals surface area contributed by atoms with Gasteiger partial charge < -0.3 is 15.0 Å². The van der Waals surface area contributed by atoms with Crippen molar-refractivity contribution in [1.29, 1.82) is 0 Å². The number of carbonyl (C=O) groups excluding carboxylic acids is 1. The Hall–Kier alpha value is -3.23. The monoisotopic (exact) mass is 399 g/mol. The Bertz CT molecular complexity index is 864. The standard InChI is InChI=1S/C20H25N5O4/c1-3-14-5-7-16(8-6-14)23-18-17(25(27)28)19(22-13-21-18)24-11-9-15(10-12-24)20(26)29-4-2/h5-8,13,15H,3-4,9-12H2,1-2H3,(H,21,22,23). The topological polar surface area (TPSA) is 110 Å². The number of nitrogens with one attached hydrogen (secondary N) is 1. The Morgan fingerprint density at radius 1 is 1.24 bits per heavy atom. The Labute approximate surface area is 169 Å². The van der Waals surface area contributed by atoms with Crippen LogP contribution in [0.3, 0.4) is 0 Å². The number of ether oxygens (including phenoxy) is 1. The number of piperidine rings is 1. The van der Waals surface area contributed by atoms with Crippen LogP contribution in [0.2, 0.25) is 0 Å². The van der Waals surface area contributed by atoms with Crippen LogP contribution in [0.4, 0.5) is 23.0 Å². The van der Waals surface area contributed by atoms with E-state index >= 15 is 0 Å². The van der Waals surface area contributed by atoms with Crippen LogP contribution in [0, 0.1) is 16.0 Å². The van der Waals surface area contributed by atoms with Gasteiger partial charge in [0.05, 0.1) is 17.4 Å². The van der Waals surface area contributed by atoms with E-state index < -0.39 is 4.92 Å². The summed E-state index contributed by atoms with van der Waals surface area (Å²) in [6, 6.07) is 7.68. The van der Waals surface area contributed by atoms with Crippen molar-refractivity contribution in [3.05, 3.63) is 46.3 Å². The molecule has 1 aliphatic heterocycles. The number of rotatable bonds is 7. The summed E-state index contributed by atoms with van der Waals surface area (Å²) >= 11 is 0. The van der Waals surface area contributed by atoms with Crippen molar-refractivity contribution in [2.45, 2.75) is 33.1 Å². The molecule has 3 rings (SSSR count). The summed E-state index contributed by atoms with van der Waals surface area (Å²) in [6.45, 7) is 5.18. The Kier molecular flexibility index (Phi) is 6.58. The molecule has 1 fully saturated rings. The third kappa shape index (κ3) is 4.79. The molecule has 0 saturated carbocycles. The Balaban J connectivity index is 1.80. The summed E-state index contributed by atoms with van der Waals surface area (Å²) in [5.41, 5.74) is 1.73. The van der Waals surface area contributed by atoms with Gasteiger partial charge in [0.2, 0.25) is 11.6 Å². The largest absolute Gasteiger partial charge is 0.466 e. The van der Waals surface area contributed by atoms with Gasteiger partial charge in [0.25, 0.3) is 0 Å². The highest BCUT2D eigenvalue weighted by atomic mass is 16.6. The first kappa shape index (κ1) is 20.5. The van der Waals surface area contributed by atoms with Crippen LogP contribution >= 0.6 is 0 Å². The van der Waals surface area contributed by atoms with Gasteiger partial charge in [0.15, 0.2) is 0 Å². The lowest BCUT2D eigenvalue weighted by atomic mass is 9.97. The first-order chi connectivity index (χ1) is 14.0. The van der Waals surface area contributed by atoms with Crippen LogP contribution < -0.4 is 10.2 Å². The molecule has 0 amide bonds. The highest BCUT2D eigenvalue weighted by molar-refractivity contribution is 5.76. The molecule has 0 atom stereocenters. The second kappa shape index (κ2) is 9.31. The van der Waals surface area contributed by atoms with Gasteiger partial charge in [-0.3, -0.25) is 14.9 Å². The maximum atomic E-state index is 11.9. The minimum Gasteiger partial charge on any atom is -0.466 e. The van der Waals surface area contributed by atoms with E-state index in [1.165, 1.54) is 11.9 Å². The second-order valence-electron chi connectivity index (χ2n) is 6.84. The molecule has 0 radical (unpaired) electrons. The van der Waals surface area contributed by atoms with Crippen molar-refractivity contribution < 1.29 is 14.5 Å². The van der Waals surface area contributed by atoms with Crippen LogP contribution in [0.5, 0.6) is 0 Å². The predicted octanol–water partition coefficient (Wildman–Crippen LogP) is 3.47. The fraction of sp³-hybridized carbons (Fsp3) is 0.450. The molecule has 1 N–H and O–H groups in total. The zero-order valence-corrected chi connectivity index (χ0v) is 16.6. The molecule has 1 aliphatic rings. The quantitative estimate of drug-likeness (QED) is 0.428. The van der Waals surface area contributed by atoms with Crippen LogP contribution in [0.1, 0.15) is 32.3 Å². The lowest BCUT2D eigenvalue weighted by molar-refractivity contribution is -0.383. The number of benzene rings is 1. The van der Waals surface area contributed by atoms with Crippen molar-refractivity contribution >= 4 is 29.0 Å². The molecule has 1 saturated heterocycles. The molecule has 0 spiro atoms. The Morgan fingerprint density at radius 2 is 1.93 bits per heavy atom. The second-order valence-corrected chi connectivity index (χ2v) is 6.84. The molecule has 9 heteroatoms. The normalized spacial score (nSPS) is 14.5. The summed E-state index contributed by atoms with van der Waals surface area (Å²) in [5, 5.41) is 14.9. The fourth-order valence-electron chi connectivity index (χ4n) is 3.41. The maximum absolute atomic E-state index is 11.9. The highest BCUT2D eigenvalue weighted by Crippen LogP contribution is 2.35. The fourth-order valence-corrected chi connectivity index (χ4v) is 3.41. The summed E-state index contributed by atoms with van der Waals surface area (Å²) in [6.07, 6.45) is 3.38. The molecule has 1 aromatic carbocycles. The molecule has 9 nitrogen and oxygen atoms in total. The molecule has 2 aromatic rings. The molecule has 0 bridgehead atoms. The number of nitro groups is 1. The van der Waals surface area contributed by atoms with Gasteiger partial charge in [-0.1, -0.05) is 19.1 Å². The van der Waals surface area contributed by atoms with Crippen LogP contribution in [0.25, 0.3) is 0 Å². The molecule has 0 unspecified atom stereocenters. The number of hydrogen-bond donors (Lipinski definition) is 1. The zero-order valence-electron chi connectivity index (χ0n) is 16.6. The van der Waals surface area contributed by atoms with E-state index in [1.54, 1.807) is 6.92 Å². The first-order valence-electron chi connectivity index (χ1n) is 9.80. The van der Waals surface area contributed by atoms with Gasteiger partial charge in [-0.2, -0.15) is 0 Å². The lowest BCUT2D eigenvalue weighted by Gasteiger charge is -2.31. The van der Waals surface area contributed by atoms with E-state index in [0.29, 0.717) is 32.5 Å². The highest BCUT2D eigenvalue weighted by Gasteiger charge is 2.32. The summed E-state index contributed by atoms with van der Waals surface area (Å²) < 4.78 is 5.08. The molecular formula is C20H25N5O4. The summed E-state index contributed by atoms with van der Waals surface area (Å²) in [7, 11) is 0. The number of carbonyl (C=O) groups is 1. The number of nitrogens with zero attached hydrogens (tertiary/aromatic N) is 4. The predicted molar refractivity (Wildman–Crippen MR) is 109 cm³/mol. The number of anilines is 3. The van der Waals surface area contributed by atoms with Gasteiger partial charge in [-0.15, -0.1) is 0 Å². The molecule has 154 valence electrons. The molecule has 1 aromatic heterocycles. The van der Waals surface area contributed by atoms with Gasteiger partial charge in [-0.25, -0.2) is 9.97 Å². The van der Waals surface area contributed by atoms with Crippen LogP contribution in [0.15, 0.2) is 30.6 Å². The number of aromatic nitrogens is 2. The smallest absolute Gasteiger partial charge is 0.353 e. The average molecular weight is 399 g/mol. The van der Waals surface area contributed by atoms with Crippen molar-refractivity contribution in [1.82, 2.24) is 9.97 Å². The minimum atomic E-state index is -0.463. The van der Waals surface area contributed by atoms with Crippen molar-refractivity contribution in [3.8, 4) is 0 Å². The van der Waals surface area contributed by atoms with Crippen molar-refractivity contribution in [2.75, 3.05) is 29.9 Å². The van der Waals surface area contributed by atoms with Crippen molar-refractivity contribution in [3.63, 3.8) is 0 Å². The van der Waals surface area contributed by atoms with Crippen molar-refractivity contribution in [2.24, 2.45) is 5.92 Å². The number of hydrogen-bond acceptors (Lipinski definition) is 8. The first-order valence-corrected chi connectivity index (χ1v) is 9.80. The van der Waals surface area contributed by atoms with E-state index in [1.807, 2.05) is 29.2 Å². The van der Waals surface area contributed by atoms with E-state index in [9.17, 15) is 14.9 Å². The lowest BCUT2D eigenvalue weighted by Crippen LogP contribution is -2.37. The number of esters is 1. The van der Waals surface area contributed by atoms with E-state index in [2.05, 4.69) is 22.2 Å². The van der Waals surface area contributed by atoms with Gasteiger partial charge in [0, 0.05) is 18.8 Å². The Morgan fingerprint density at radius 3 is 2.52 bits per heavy atom. The SMILES string of the molecule is CCOC(=O)C1CCN(c2ncnc(Nc3ccc(CC)cc3)c2[N+](=O)[O-])CC1. The average Bonchev–Trinajstić information content (AvgIpc) is 2.74. The van der Waals surface area contributed by atoms with E-state index in [-0.39, 0.29) is 29.2 Å². The molecular weight excluding hydrogens is 374 g/mol. The number of aryl methyl sites for hydroxylation is 1. The van der Waals surface area contributed by atoms with Crippen LogP contribution in [-0.4, -0.2) is 40.6 Å². The van der Waals surface area contributed by atoms with Crippen LogP contribution in [-0.2, 0) is 16.0 Å². The van der Waals surface area contributed by atoms with E-state index in [4.69, 9.17) is 4.74 Å². The van der Waals surface area contributed by atoms with E-state index in [0.717, 1.165) is 12.1 Å². The maximum Gasteiger partial charge on any atom is 0.353 e. The molecule has 0 aliphatic carbocycles. The third-order valence-corrected chi connectivity index (χ3v) is 5.02. The third-order valence-electron chi connectivity index (χ3n) is 5.02. The zero-order chi connectivity index (χ0) is 20.8. The minimum absolute atomic E-state index is 0.150. The summed E-state index contributed by atoms with van der Waals surface area (Å²) in [4.78, 5) is 33.4.